The average molecular weight is 278 g/mol. The molecule has 1 aromatic rings. The molecule has 20 heavy (non-hydrogen) atoms. The molecule has 1 aromatic carbocycles. The molecule has 1 fully saturated rings. The second kappa shape index (κ2) is 7.92. The summed E-state index contributed by atoms with van der Waals surface area (Å²) >= 11 is 0. The van der Waals surface area contributed by atoms with E-state index < -0.39 is 0 Å². The molecule has 2 N–H and O–H groups in total. The number of likely N-dealkylation sites (N-methyl/N-ethyl adjacent to an activating group) is 1. The van der Waals surface area contributed by atoms with Gasteiger partial charge >= 0.3 is 0 Å². The van der Waals surface area contributed by atoms with Crippen molar-refractivity contribution in [3.05, 3.63) is 36.9 Å². The summed E-state index contributed by atoms with van der Waals surface area (Å²) in [6, 6.07) is 7.83. The summed E-state index contributed by atoms with van der Waals surface area (Å²) in [6.07, 6.45) is 1.74. The number of rotatable bonds is 7. The third-order valence-corrected chi connectivity index (χ3v) is 3.73. The molecule has 0 spiro atoms. The molecule has 1 aliphatic heterocycles. The number of piperazine rings is 1. The van der Waals surface area contributed by atoms with Gasteiger partial charge in [0.2, 0.25) is 0 Å². The fraction of sp³-hybridized carbons (Fsp3) is 0.500. The van der Waals surface area contributed by atoms with Gasteiger partial charge in [0, 0.05) is 0 Å². The van der Waals surface area contributed by atoms with Crippen LogP contribution in [0.25, 0.3) is 0 Å². The van der Waals surface area contributed by atoms with Gasteiger partial charge in [-0.15, -0.1) is 0 Å². The Kier molecular flexibility index (Phi) is 5.89. The molecule has 2 rings (SSSR count). The highest BCUT2D eigenvalue weighted by molar-refractivity contribution is 5.39. The highest BCUT2D eigenvalue weighted by atomic mass is 16.5. The van der Waals surface area contributed by atoms with Crippen molar-refractivity contribution in [2.24, 2.45) is 0 Å². The van der Waals surface area contributed by atoms with Gasteiger partial charge in [-0.05, 0) is 12.1 Å². The molecule has 0 radical (unpaired) electrons. The zero-order valence-corrected chi connectivity index (χ0v) is 12.4. The van der Waals surface area contributed by atoms with Gasteiger partial charge in [-0.3, -0.25) is 0 Å². The van der Waals surface area contributed by atoms with Crippen LogP contribution in [-0.2, 0) is 0 Å². The van der Waals surface area contributed by atoms with Crippen LogP contribution in [0.5, 0.6) is 11.5 Å². The third-order valence-electron chi connectivity index (χ3n) is 3.73. The summed E-state index contributed by atoms with van der Waals surface area (Å²) in [5.41, 5.74) is 0. The monoisotopic (exact) mass is 278 g/mol. The molecule has 0 atom stereocenters. The van der Waals surface area contributed by atoms with Crippen molar-refractivity contribution in [3.63, 3.8) is 0 Å². The van der Waals surface area contributed by atoms with Gasteiger partial charge in [-0.25, -0.2) is 0 Å². The van der Waals surface area contributed by atoms with E-state index in [0.29, 0.717) is 6.61 Å². The number of hydrogen-bond donors (Lipinski definition) is 2. The maximum Gasteiger partial charge on any atom is 0.161 e. The lowest BCUT2D eigenvalue weighted by Gasteiger charge is -2.27. The second-order valence-corrected chi connectivity index (χ2v) is 5.35. The van der Waals surface area contributed by atoms with Crippen molar-refractivity contribution < 1.29 is 19.3 Å². The van der Waals surface area contributed by atoms with E-state index in [-0.39, 0.29) is 0 Å². The minimum atomic E-state index is 0.507. The van der Waals surface area contributed by atoms with Crippen LogP contribution in [0.1, 0.15) is 0 Å². The topological polar surface area (TPSA) is 27.3 Å². The predicted octanol–water partition coefficient (Wildman–Crippen LogP) is -0.957. The van der Waals surface area contributed by atoms with Gasteiger partial charge in [0.1, 0.15) is 45.9 Å². The van der Waals surface area contributed by atoms with E-state index in [4.69, 9.17) is 9.47 Å². The van der Waals surface area contributed by atoms with Crippen LogP contribution in [0.2, 0.25) is 0 Å². The van der Waals surface area contributed by atoms with E-state index in [1.165, 1.54) is 26.2 Å². The quantitative estimate of drug-likeness (QED) is 0.629. The first-order valence-electron chi connectivity index (χ1n) is 7.40. The molecular formula is C16H26N2O2+2. The number of para-hydroxylation sites is 2. The molecule has 1 aliphatic rings. The van der Waals surface area contributed by atoms with Crippen molar-refractivity contribution in [1.29, 1.82) is 0 Å². The van der Waals surface area contributed by atoms with Crippen LogP contribution in [0, 0.1) is 0 Å². The van der Waals surface area contributed by atoms with Crippen LogP contribution < -0.4 is 19.3 Å². The van der Waals surface area contributed by atoms with Crippen molar-refractivity contribution in [1.82, 2.24) is 0 Å². The predicted molar refractivity (Wildman–Crippen MR) is 79.8 cm³/mol. The summed E-state index contributed by atoms with van der Waals surface area (Å²) < 4.78 is 11.5. The average Bonchev–Trinajstić information content (AvgIpc) is 2.48. The van der Waals surface area contributed by atoms with Gasteiger partial charge in [0.05, 0.1) is 7.05 Å². The summed E-state index contributed by atoms with van der Waals surface area (Å²) in [5, 5.41) is 0. The summed E-state index contributed by atoms with van der Waals surface area (Å²) in [4.78, 5) is 3.28. The SMILES string of the molecule is C=CCOc1ccccc1OCC[NH+]1CC[NH+](C)CC1. The van der Waals surface area contributed by atoms with E-state index in [1.54, 1.807) is 15.9 Å². The summed E-state index contributed by atoms with van der Waals surface area (Å²) in [7, 11) is 2.26. The fourth-order valence-electron chi connectivity index (χ4n) is 2.42. The lowest BCUT2D eigenvalue weighted by atomic mass is 10.3. The molecule has 0 unspecified atom stereocenters. The van der Waals surface area contributed by atoms with E-state index in [1.807, 2.05) is 24.3 Å². The second-order valence-electron chi connectivity index (χ2n) is 5.35. The van der Waals surface area contributed by atoms with Crippen molar-refractivity contribution in [2.75, 3.05) is 53.0 Å². The Morgan fingerprint density at radius 3 is 2.40 bits per heavy atom. The van der Waals surface area contributed by atoms with Crippen molar-refractivity contribution in [3.8, 4) is 11.5 Å². The molecule has 0 bridgehead atoms. The van der Waals surface area contributed by atoms with Gasteiger partial charge in [0.25, 0.3) is 0 Å². The molecule has 4 heteroatoms. The minimum Gasteiger partial charge on any atom is -0.486 e. The van der Waals surface area contributed by atoms with Crippen LogP contribution in [0.4, 0.5) is 0 Å². The van der Waals surface area contributed by atoms with Crippen molar-refractivity contribution >= 4 is 0 Å². The van der Waals surface area contributed by atoms with Crippen LogP contribution in [-0.4, -0.2) is 53.0 Å². The standard InChI is InChI=1S/C16H24N2O2/c1-3-13-19-15-6-4-5-7-16(15)20-14-12-18-10-8-17(2)9-11-18/h3-7H,1,8-14H2,2H3/p+2. The molecule has 0 saturated carbocycles. The van der Waals surface area contributed by atoms with Gasteiger partial charge < -0.3 is 19.3 Å². The Bertz CT molecular complexity index is 415. The zero-order valence-electron chi connectivity index (χ0n) is 12.4. The van der Waals surface area contributed by atoms with Crippen LogP contribution >= 0.6 is 0 Å². The summed E-state index contributed by atoms with van der Waals surface area (Å²) in [6.45, 7) is 11.0. The number of hydrogen-bond acceptors (Lipinski definition) is 2. The van der Waals surface area contributed by atoms with Crippen LogP contribution in [0.15, 0.2) is 36.9 Å². The highest BCUT2D eigenvalue weighted by Gasteiger charge is 2.19. The lowest BCUT2D eigenvalue weighted by Crippen LogP contribution is -3.27. The largest absolute Gasteiger partial charge is 0.486 e. The Hall–Kier alpha value is -1.52. The Balaban J connectivity index is 1.77. The van der Waals surface area contributed by atoms with Gasteiger partial charge in [0.15, 0.2) is 11.5 Å². The van der Waals surface area contributed by atoms with E-state index in [0.717, 1.165) is 24.7 Å². The first-order valence-corrected chi connectivity index (χ1v) is 7.40. The molecule has 1 heterocycles. The molecule has 1 saturated heterocycles. The third kappa shape index (κ3) is 4.54. The molecule has 4 nitrogen and oxygen atoms in total. The lowest BCUT2D eigenvalue weighted by molar-refractivity contribution is -1.00. The van der Waals surface area contributed by atoms with Crippen molar-refractivity contribution in [2.45, 2.75) is 0 Å². The van der Waals surface area contributed by atoms with Gasteiger partial charge in [-0.2, -0.15) is 0 Å². The smallest absolute Gasteiger partial charge is 0.161 e. The Labute approximate surface area is 121 Å². The van der Waals surface area contributed by atoms with E-state index in [2.05, 4.69) is 13.6 Å². The normalized spacial score (nSPS) is 22.2. The molecule has 0 aliphatic carbocycles. The molecular weight excluding hydrogens is 252 g/mol. The number of benzene rings is 1. The van der Waals surface area contributed by atoms with Crippen LogP contribution in [0.3, 0.4) is 0 Å². The zero-order chi connectivity index (χ0) is 14.2. The number of ether oxygens (including phenoxy) is 2. The number of quaternary nitrogens is 2. The van der Waals surface area contributed by atoms with E-state index >= 15 is 0 Å². The molecule has 0 amide bonds. The Morgan fingerprint density at radius 2 is 1.75 bits per heavy atom. The molecule has 110 valence electrons. The first-order chi connectivity index (χ1) is 9.79. The minimum absolute atomic E-state index is 0.507. The van der Waals surface area contributed by atoms with Gasteiger partial charge in [-0.1, -0.05) is 24.8 Å². The highest BCUT2D eigenvalue weighted by Crippen LogP contribution is 2.26. The fourth-order valence-corrected chi connectivity index (χ4v) is 2.42. The van der Waals surface area contributed by atoms with E-state index in [9.17, 15) is 0 Å². The first kappa shape index (κ1) is 14.9. The summed E-state index contributed by atoms with van der Waals surface area (Å²) in [5.74, 6) is 1.62. The maximum absolute atomic E-state index is 5.88. The molecule has 0 aromatic heterocycles. The maximum atomic E-state index is 5.88. The number of nitrogens with one attached hydrogen (secondary N) is 2. The Morgan fingerprint density at radius 1 is 1.10 bits per heavy atom.